The number of fused-ring (bicyclic) bond motifs is 1. The molecule has 2 atom stereocenters. The molecule has 0 bridgehead atoms. The Bertz CT molecular complexity index is 949. The molecule has 1 amide bonds. The highest BCUT2D eigenvalue weighted by molar-refractivity contribution is 5.92. The molecule has 0 radical (unpaired) electrons. The van der Waals surface area contributed by atoms with E-state index in [-0.39, 0.29) is 29.7 Å². The normalized spacial score (nSPS) is 22.9. The summed E-state index contributed by atoms with van der Waals surface area (Å²) in [6, 6.07) is 1.52. The van der Waals surface area contributed by atoms with Crippen molar-refractivity contribution in [3.8, 4) is 0 Å². The van der Waals surface area contributed by atoms with Crippen molar-refractivity contribution in [2.75, 3.05) is 18.4 Å². The molecule has 0 spiro atoms. The fourth-order valence-electron chi connectivity index (χ4n) is 4.49. The predicted molar refractivity (Wildman–Crippen MR) is 110 cm³/mol. The van der Waals surface area contributed by atoms with E-state index in [0.717, 1.165) is 4.68 Å². The Morgan fingerprint density at radius 3 is 2.42 bits per heavy atom. The first kappa shape index (κ1) is 21.7. The van der Waals surface area contributed by atoms with Gasteiger partial charge in [-0.3, -0.25) is 9.48 Å². The van der Waals surface area contributed by atoms with Crippen LogP contribution < -0.4 is 5.32 Å². The zero-order valence-electron chi connectivity index (χ0n) is 18.3. The predicted octanol–water partition coefficient (Wildman–Crippen LogP) is 3.97. The van der Waals surface area contributed by atoms with Crippen LogP contribution >= 0.6 is 0 Å². The van der Waals surface area contributed by atoms with Gasteiger partial charge in [0.05, 0.1) is 5.69 Å². The lowest BCUT2D eigenvalue weighted by atomic mass is 9.82. The van der Waals surface area contributed by atoms with Crippen LogP contribution in [0.4, 0.5) is 19.0 Å². The number of piperidine rings is 1. The zero-order chi connectivity index (χ0) is 22.6. The summed E-state index contributed by atoms with van der Waals surface area (Å²) in [4.78, 5) is 14.5. The summed E-state index contributed by atoms with van der Waals surface area (Å²) in [7, 11) is 1.73. The summed E-state index contributed by atoms with van der Waals surface area (Å²) < 4.78 is 44.1. The number of nitrogens with zero attached hydrogens (tertiary/aromatic N) is 5. The van der Waals surface area contributed by atoms with Gasteiger partial charge in [0, 0.05) is 44.4 Å². The second-order valence-corrected chi connectivity index (χ2v) is 9.66. The molecule has 1 saturated heterocycles. The van der Waals surface area contributed by atoms with Crippen molar-refractivity contribution in [3.63, 3.8) is 0 Å². The highest BCUT2D eigenvalue weighted by Crippen LogP contribution is 2.44. The summed E-state index contributed by atoms with van der Waals surface area (Å²) in [5.41, 5.74) is 0.886. The van der Waals surface area contributed by atoms with E-state index in [1.165, 1.54) is 0 Å². The van der Waals surface area contributed by atoms with E-state index in [1.54, 1.807) is 35.0 Å². The molecule has 1 fully saturated rings. The number of rotatable bonds is 2. The van der Waals surface area contributed by atoms with Crippen molar-refractivity contribution in [3.05, 3.63) is 29.7 Å². The molecular weight excluding hydrogens is 409 g/mol. The van der Waals surface area contributed by atoms with Crippen LogP contribution in [0.2, 0.25) is 0 Å². The smallest absolute Gasteiger partial charge is 0.367 e. The van der Waals surface area contributed by atoms with Gasteiger partial charge in [-0.2, -0.15) is 23.4 Å². The maximum absolute atomic E-state index is 13.8. The maximum Gasteiger partial charge on any atom is 0.410 e. The van der Waals surface area contributed by atoms with E-state index in [4.69, 9.17) is 0 Å². The third kappa shape index (κ3) is 4.16. The molecule has 2 aliphatic rings. The number of aryl methyl sites for hydroxylation is 1. The van der Waals surface area contributed by atoms with E-state index in [2.05, 4.69) is 15.5 Å². The molecular formula is C21H29F3N6O. The molecule has 31 heavy (non-hydrogen) atoms. The third-order valence-electron chi connectivity index (χ3n) is 6.49. The van der Waals surface area contributed by atoms with Gasteiger partial charge in [0.25, 0.3) is 5.91 Å². The number of anilines is 1. The summed E-state index contributed by atoms with van der Waals surface area (Å²) in [5.74, 6) is 0.378. The minimum absolute atomic E-state index is 0.0254. The molecule has 2 aliphatic heterocycles. The van der Waals surface area contributed by atoms with Crippen LogP contribution in [0.3, 0.4) is 0 Å². The fraction of sp³-hybridized carbons (Fsp3) is 0.667. The van der Waals surface area contributed by atoms with Crippen LogP contribution in [0.25, 0.3) is 0 Å². The number of carbonyl (C=O) groups excluding carboxylic acids is 1. The average Bonchev–Trinajstić information content (AvgIpc) is 3.31. The summed E-state index contributed by atoms with van der Waals surface area (Å²) in [5, 5.41) is 11.7. The lowest BCUT2D eigenvalue weighted by Crippen LogP contribution is -2.44. The number of carbonyl (C=O) groups is 1. The van der Waals surface area contributed by atoms with E-state index in [0.29, 0.717) is 43.1 Å². The second kappa shape index (κ2) is 7.56. The number of hydrogen-bond donors (Lipinski definition) is 1. The molecule has 2 aromatic heterocycles. The Kier molecular flexibility index (Phi) is 5.29. The van der Waals surface area contributed by atoms with E-state index >= 15 is 0 Å². The molecule has 0 unspecified atom stereocenters. The van der Waals surface area contributed by atoms with Crippen LogP contribution in [-0.2, 0) is 7.05 Å². The van der Waals surface area contributed by atoms with Gasteiger partial charge >= 0.3 is 6.18 Å². The summed E-state index contributed by atoms with van der Waals surface area (Å²) >= 11 is 0. The zero-order valence-corrected chi connectivity index (χ0v) is 18.3. The van der Waals surface area contributed by atoms with Gasteiger partial charge in [0.1, 0.15) is 11.5 Å². The van der Waals surface area contributed by atoms with Gasteiger partial charge < -0.3 is 10.2 Å². The van der Waals surface area contributed by atoms with Crippen molar-refractivity contribution in [1.29, 1.82) is 0 Å². The van der Waals surface area contributed by atoms with Crippen molar-refractivity contribution in [1.82, 2.24) is 24.5 Å². The minimum atomic E-state index is -4.36. The number of amides is 1. The Morgan fingerprint density at radius 2 is 1.87 bits per heavy atom. The SMILES string of the molecule is Cn1nccc1C(=O)N1CCC(c2cc3n(n2)[C@@H](C(F)(F)F)C[C@@H](C(C)(C)C)N3)CC1. The van der Waals surface area contributed by atoms with Crippen molar-refractivity contribution in [2.24, 2.45) is 12.5 Å². The first-order chi connectivity index (χ1) is 14.4. The van der Waals surface area contributed by atoms with Crippen LogP contribution in [-0.4, -0.2) is 55.7 Å². The number of hydrogen-bond acceptors (Lipinski definition) is 4. The second-order valence-electron chi connectivity index (χ2n) is 9.66. The maximum atomic E-state index is 13.8. The number of nitrogens with one attached hydrogen (secondary N) is 1. The van der Waals surface area contributed by atoms with Crippen molar-refractivity contribution in [2.45, 2.75) is 64.2 Å². The lowest BCUT2D eigenvalue weighted by Gasteiger charge is -2.39. The largest absolute Gasteiger partial charge is 0.410 e. The standard InChI is InChI=1S/C21H29F3N6O/c1-20(2,3)16-12-17(21(22,23)24)30-18(26-16)11-14(27-30)13-6-9-29(10-7-13)19(31)15-5-8-25-28(15)4/h5,8,11,13,16-17,26H,6-7,9-10,12H2,1-4H3/t16-,17+/m0/s1. The van der Waals surface area contributed by atoms with Crippen LogP contribution in [0, 0.1) is 5.41 Å². The number of alkyl halides is 3. The molecule has 7 nitrogen and oxygen atoms in total. The molecule has 2 aromatic rings. The molecule has 1 N–H and O–H groups in total. The Labute approximate surface area is 179 Å². The Hall–Kier alpha value is -2.52. The van der Waals surface area contributed by atoms with Gasteiger partial charge in [-0.1, -0.05) is 20.8 Å². The molecule has 0 saturated carbocycles. The first-order valence-electron chi connectivity index (χ1n) is 10.6. The minimum Gasteiger partial charge on any atom is -0.367 e. The highest BCUT2D eigenvalue weighted by atomic mass is 19.4. The molecule has 170 valence electrons. The van der Waals surface area contributed by atoms with Gasteiger partial charge in [0.15, 0.2) is 6.04 Å². The number of likely N-dealkylation sites (tertiary alicyclic amines) is 1. The van der Waals surface area contributed by atoms with Crippen LogP contribution in [0.15, 0.2) is 18.3 Å². The third-order valence-corrected chi connectivity index (χ3v) is 6.49. The van der Waals surface area contributed by atoms with Gasteiger partial charge in [-0.25, -0.2) is 4.68 Å². The van der Waals surface area contributed by atoms with E-state index in [1.807, 2.05) is 20.8 Å². The topological polar surface area (TPSA) is 68.0 Å². The molecule has 0 aliphatic carbocycles. The number of halogens is 3. The highest BCUT2D eigenvalue weighted by Gasteiger charge is 2.48. The van der Waals surface area contributed by atoms with Gasteiger partial charge in [-0.05, 0) is 30.7 Å². The first-order valence-corrected chi connectivity index (χ1v) is 10.6. The molecule has 0 aromatic carbocycles. The monoisotopic (exact) mass is 438 g/mol. The molecule has 10 heteroatoms. The number of aromatic nitrogens is 4. The van der Waals surface area contributed by atoms with Crippen molar-refractivity contribution >= 4 is 11.7 Å². The van der Waals surface area contributed by atoms with Crippen molar-refractivity contribution < 1.29 is 18.0 Å². The average molecular weight is 438 g/mol. The summed E-state index contributed by atoms with van der Waals surface area (Å²) in [6.45, 7) is 6.91. The van der Waals surface area contributed by atoms with E-state index in [9.17, 15) is 18.0 Å². The van der Waals surface area contributed by atoms with Crippen LogP contribution in [0.1, 0.15) is 68.2 Å². The lowest BCUT2D eigenvalue weighted by molar-refractivity contribution is -0.175. The molecule has 4 rings (SSSR count). The Morgan fingerprint density at radius 1 is 1.19 bits per heavy atom. The molecule has 4 heterocycles. The van der Waals surface area contributed by atoms with Gasteiger partial charge in [0.2, 0.25) is 0 Å². The van der Waals surface area contributed by atoms with E-state index < -0.39 is 12.2 Å². The van der Waals surface area contributed by atoms with Crippen LogP contribution in [0.5, 0.6) is 0 Å². The Balaban J connectivity index is 1.51. The fourth-order valence-corrected chi connectivity index (χ4v) is 4.49. The summed E-state index contributed by atoms with van der Waals surface area (Å²) in [6.07, 6.45) is -1.48. The quantitative estimate of drug-likeness (QED) is 0.771. The van der Waals surface area contributed by atoms with Gasteiger partial charge in [-0.15, -0.1) is 0 Å².